The van der Waals surface area contributed by atoms with Crippen molar-refractivity contribution >= 4 is 21.4 Å². The summed E-state index contributed by atoms with van der Waals surface area (Å²) in [5.74, 6) is 1.57. The minimum Gasteiger partial charge on any atom is -0.441 e. The monoisotopic (exact) mass is 215 g/mol. The van der Waals surface area contributed by atoms with Gasteiger partial charge in [0, 0.05) is 4.70 Å². The Hall–Kier alpha value is -1.61. The second kappa shape index (κ2) is 3.21. The van der Waals surface area contributed by atoms with Gasteiger partial charge < -0.3 is 4.42 Å². The van der Waals surface area contributed by atoms with E-state index in [1.807, 2.05) is 19.1 Å². The average molecular weight is 215 g/mol. The Kier molecular flexibility index (Phi) is 1.86. The van der Waals surface area contributed by atoms with Crippen molar-refractivity contribution in [2.45, 2.75) is 6.92 Å². The van der Waals surface area contributed by atoms with E-state index in [0.717, 1.165) is 10.6 Å². The number of fused-ring (bicyclic) bond motifs is 1. The fraction of sp³-hybridized carbons (Fsp3) is 0.0833. The molecular weight excluding hydrogens is 206 g/mol. The molecule has 15 heavy (non-hydrogen) atoms. The van der Waals surface area contributed by atoms with E-state index >= 15 is 0 Å². The summed E-state index contributed by atoms with van der Waals surface area (Å²) in [7, 11) is 0. The van der Waals surface area contributed by atoms with Crippen molar-refractivity contribution in [2.24, 2.45) is 0 Å². The highest BCUT2D eigenvalue weighted by molar-refractivity contribution is 7.22. The molecule has 3 heteroatoms. The van der Waals surface area contributed by atoms with E-state index < -0.39 is 0 Å². The number of rotatable bonds is 1. The lowest BCUT2D eigenvalue weighted by Gasteiger charge is -1.85. The third kappa shape index (κ3) is 1.45. The first-order valence-corrected chi connectivity index (χ1v) is 5.56. The summed E-state index contributed by atoms with van der Waals surface area (Å²) in [6, 6.07) is 10.4. The number of hydrogen-bond acceptors (Lipinski definition) is 3. The molecule has 0 spiro atoms. The zero-order valence-corrected chi connectivity index (χ0v) is 9.04. The molecule has 74 valence electrons. The molecule has 3 aromatic rings. The first-order valence-electron chi connectivity index (χ1n) is 4.74. The number of thiophene rings is 1. The van der Waals surface area contributed by atoms with Crippen LogP contribution in [0.5, 0.6) is 0 Å². The molecule has 1 aromatic carbocycles. The van der Waals surface area contributed by atoms with Gasteiger partial charge in [-0.05, 0) is 24.4 Å². The number of oxazole rings is 1. The summed E-state index contributed by atoms with van der Waals surface area (Å²) in [6.45, 7) is 1.91. The van der Waals surface area contributed by atoms with E-state index in [-0.39, 0.29) is 0 Å². The van der Waals surface area contributed by atoms with Gasteiger partial charge in [-0.3, -0.25) is 0 Å². The van der Waals surface area contributed by atoms with Crippen molar-refractivity contribution < 1.29 is 4.42 Å². The quantitative estimate of drug-likeness (QED) is 0.616. The third-order valence-corrected chi connectivity index (χ3v) is 3.36. The normalized spacial score (nSPS) is 11.0. The van der Waals surface area contributed by atoms with Gasteiger partial charge in [-0.1, -0.05) is 18.2 Å². The number of aryl methyl sites for hydroxylation is 1. The van der Waals surface area contributed by atoms with E-state index in [1.54, 1.807) is 17.5 Å². The molecule has 0 unspecified atom stereocenters. The molecule has 2 aromatic heterocycles. The van der Waals surface area contributed by atoms with Crippen molar-refractivity contribution in [1.29, 1.82) is 0 Å². The topological polar surface area (TPSA) is 26.0 Å². The van der Waals surface area contributed by atoms with E-state index in [0.29, 0.717) is 5.89 Å². The van der Waals surface area contributed by atoms with Crippen LogP contribution in [-0.4, -0.2) is 4.98 Å². The Balaban J connectivity index is 2.19. The molecule has 0 atom stereocenters. The SMILES string of the molecule is Cc1cnc(-c2cc3ccccc3s2)o1. The molecule has 0 saturated heterocycles. The lowest BCUT2D eigenvalue weighted by molar-refractivity contribution is 0.544. The van der Waals surface area contributed by atoms with Crippen LogP contribution in [0.3, 0.4) is 0 Å². The first-order chi connectivity index (χ1) is 7.33. The molecule has 0 aliphatic heterocycles. The summed E-state index contributed by atoms with van der Waals surface area (Å²) >= 11 is 1.71. The number of benzene rings is 1. The fourth-order valence-corrected chi connectivity index (χ4v) is 2.55. The highest BCUT2D eigenvalue weighted by Gasteiger charge is 2.08. The Morgan fingerprint density at radius 3 is 2.87 bits per heavy atom. The fourth-order valence-electron chi connectivity index (χ4n) is 1.56. The van der Waals surface area contributed by atoms with Gasteiger partial charge in [-0.2, -0.15) is 0 Å². The second-order valence-electron chi connectivity index (χ2n) is 3.42. The second-order valence-corrected chi connectivity index (χ2v) is 4.51. The molecular formula is C12H9NOS. The lowest BCUT2D eigenvalue weighted by Crippen LogP contribution is -1.66. The van der Waals surface area contributed by atoms with Crippen LogP contribution in [-0.2, 0) is 0 Å². The van der Waals surface area contributed by atoms with Crippen molar-refractivity contribution in [2.75, 3.05) is 0 Å². The summed E-state index contributed by atoms with van der Waals surface area (Å²) in [4.78, 5) is 5.31. The summed E-state index contributed by atoms with van der Waals surface area (Å²) in [6.07, 6.45) is 1.75. The standard InChI is InChI=1S/C12H9NOS/c1-8-7-13-12(14-8)11-6-9-4-2-3-5-10(9)15-11/h2-7H,1H3. The van der Waals surface area contributed by atoms with Gasteiger partial charge in [0.2, 0.25) is 5.89 Å². The molecule has 0 aliphatic carbocycles. The van der Waals surface area contributed by atoms with Crippen LogP contribution in [0.1, 0.15) is 5.76 Å². The molecule has 0 bridgehead atoms. The maximum atomic E-state index is 5.50. The molecule has 0 aliphatic rings. The lowest BCUT2D eigenvalue weighted by atomic mass is 10.2. The van der Waals surface area contributed by atoms with Crippen LogP contribution < -0.4 is 0 Å². The van der Waals surface area contributed by atoms with E-state index in [2.05, 4.69) is 23.2 Å². The molecule has 0 N–H and O–H groups in total. The van der Waals surface area contributed by atoms with Crippen LogP contribution in [0.25, 0.3) is 20.9 Å². The highest BCUT2D eigenvalue weighted by atomic mass is 32.1. The van der Waals surface area contributed by atoms with Gasteiger partial charge in [0.05, 0.1) is 11.1 Å². The number of nitrogens with zero attached hydrogens (tertiary/aromatic N) is 1. The molecule has 0 saturated carbocycles. The molecule has 0 amide bonds. The van der Waals surface area contributed by atoms with Gasteiger partial charge in [-0.15, -0.1) is 11.3 Å². The molecule has 0 radical (unpaired) electrons. The van der Waals surface area contributed by atoms with E-state index in [1.165, 1.54) is 10.1 Å². The molecule has 0 fully saturated rings. The average Bonchev–Trinajstić information content (AvgIpc) is 2.82. The Morgan fingerprint density at radius 2 is 2.13 bits per heavy atom. The van der Waals surface area contributed by atoms with Crippen LogP contribution in [0.15, 0.2) is 40.9 Å². The van der Waals surface area contributed by atoms with E-state index in [4.69, 9.17) is 4.42 Å². The maximum absolute atomic E-state index is 5.50. The van der Waals surface area contributed by atoms with Crippen LogP contribution >= 0.6 is 11.3 Å². The maximum Gasteiger partial charge on any atom is 0.236 e. The Morgan fingerprint density at radius 1 is 1.27 bits per heavy atom. The van der Waals surface area contributed by atoms with Crippen LogP contribution in [0, 0.1) is 6.92 Å². The summed E-state index contributed by atoms with van der Waals surface area (Å²) in [5.41, 5.74) is 0. The largest absolute Gasteiger partial charge is 0.441 e. The van der Waals surface area contributed by atoms with Crippen molar-refractivity contribution in [1.82, 2.24) is 4.98 Å². The Bertz CT molecular complexity index is 576. The van der Waals surface area contributed by atoms with Crippen molar-refractivity contribution in [3.05, 3.63) is 42.3 Å². The van der Waals surface area contributed by atoms with Gasteiger partial charge in [0.25, 0.3) is 0 Å². The van der Waals surface area contributed by atoms with Gasteiger partial charge in [0.15, 0.2) is 0 Å². The van der Waals surface area contributed by atoms with Gasteiger partial charge >= 0.3 is 0 Å². The van der Waals surface area contributed by atoms with Crippen LogP contribution in [0.2, 0.25) is 0 Å². The predicted octanol–water partition coefficient (Wildman–Crippen LogP) is 3.86. The van der Waals surface area contributed by atoms with E-state index in [9.17, 15) is 0 Å². The number of aromatic nitrogens is 1. The van der Waals surface area contributed by atoms with Gasteiger partial charge in [-0.25, -0.2) is 4.98 Å². The van der Waals surface area contributed by atoms with Crippen LogP contribution in [0.4, 0.5) is 0 Å². The zero-order valence-electron chi connectivity index (χ0n) is 8.23. The molecule has 2 heterocycles. The molecule has 3 rings (SSSR count). The summed E-state index contributed by atoms with van der Waals surface area (Å²) < 4.78 is 6.77. The minimum atomic E-state index is 0.716. The van der Waals surface area contributed by atoms with Gasteiger partial charge in [0.1, 0.15) is 5.76 Å². The number of hydrogen-bond donors (Lipinski definition) is 0. The van der Waals surface area contributed by atoms with Crippen molar-refractivity contribution in [3.8, 4) is 10.8 Å². The minimum absolute atomic E-state index is 0.716. The first kappa shape index (κ1) is 8.68. The summed E-state index contributed by atoms with van der Waals surface area (Å²) in [5, 5.41) is 1.24. The zero-order chi connectivity index (χ0) is 10.3. The highest BCUT2D eigenvalue weighted by Crippen LogP contribution is 2.32. The molecule has 2 nitrogen and oxygen atoms in total. The smallest absolute Gasteiger partial charge is 0.236 e. The van der Waals surface area contributed by atoms with Crippen molar-refractivity contribution in [3.63, 3.8) is 0 Å². The predicted molar refractivity (Wildman–Crippen MR) is 62.1 cm³/mol. The third-order valence-electron chi connectivity index (χ3n) is 2.26. The Labute approximate surface area is 91.2 Å².